The first-order valence-electron chi connectivity index (χ1n) is 8.37. The highest BCUT2D eigenvalue weighted by Crippen LogP contribution is 2.18. The number of rotatable bonds is 6. The standard InChI is InChI=1S/C21H17F3N2O/c22-18-11-10-17(19(23)20(18)24)21(27)26-16-8-6-15(7-9-16)25-13-12-14-4-2-1-3-5-14/h1-11,25H,12-13H2,(H,26,27). The number of hydrogen-bond acceptors (Lipinski definition) is 2. The van der Waals surface area contributed by atoms with Crippen molar-refractivity contribution in [3.8, 4) is 0 Å². The van der Waals surface area contributed by atoms with Gasteiger partial charge in [-0.05, 0) is 48.4 Å². The van der Waals surface area contributed by atoms with E-state index in [4.69, 9.17) is 0 Å². The molecule has 0 bridgehead atoms. The molecular formula is C21H17F3N2O. The van der Waals surface area contributed by atoms with Crippen molar-refractivity contribution in [3.05, 3.63) is 95.3 Å². The van der Waals surface area contributed by atoms with Crippen LogP contribution in [0.1, 0.15) is 15.9 Å². The van der Waals surface area contributed by atoms with Crippen molar-refractivity contribution in [2.75, 3.05) is 17.2 Å². The minimum atomic E-state index is -1.67. The second-order valence-corrected chi connectivity index (χ2v) is 5.92. The van der Waals surface area contributed by atoms with E-state index in [2.05, 4.69) is 22.8 Å². The Morgan fingerprint density at radius 3 is 2.15 bits per heavy atom. The van der Waals surface area contributed by atoms with Gasteiger partial charge in [0.25, 0.3) is 5.91 Å². The van der Waals surface area contributed by atoms with Crippen LogP contribution in [-0.4, -0.2) is 12.5 Å². The van der Waals surface area contributed by atoms with Crippen LogP contribution in [0.2, 0.25) is 0 Å². The molecule has 0 unspecified atom stereocenters. The van der Waals surface area contributed by atoms with Gasteiger partial charge in [0.2, 0.25) is 0 Å². The van der Waals surface area contributed by atoms with Crippen LogP contribution in [0.15, 0.2) is 66.7 Å². The molecule has 0 radical (unpaired) electrons. The van der Waals surface area contributed by atoms with E-state index in [1.54, 1.807) is 24.3 Å². The smallest absolute Gasteiger partial charge is 0.258 e. The molecule has 0 saturated carbocycles. The van der Waals surface area contributed by atoms with Crippen LogP contribution >= 0.6 is 0 Å². The summed E-state index contributed by atoms with van der Waals surface area (Å²) in [6, 6.07) is 18.5. The van der Waals surface area contributed by atoms with Gasteiger partial charge >= 0.3 is 0 Å². The predicted molar refractivity (Wildman–Crippen MR) is 99.3 cm³/mol. The summed E-state index contributed by atoms with van der Waals surface area (Å²) in [6.07, 6.45) is 0.870. The Bertz CT molecular complexity index is 928. The summed E-state index contributed by atoms with van der Waals surface area (Å²) in [7, 11) is 0. The van der Waals surface area contributed by atoms with Crippen molar-refractivity contribution in [1.82, 2.24) is 0 Å². The van der Waals surface area contributed by atoms with Crippen molar-refractivity contribution in [2.24, 2.45) is 0 Å². The van der Waals surface area contributed by atoms with Crippen LogP contribution in [-0.2, 0) is 6.42 Å². The van der Waals surface area contributed by atoms with Gasteiger partial charge in [0, 0.05) is 17.9 Å². The molecule has 0 aliphatic rings. The minimum Gasteiger partial charge on any atom is -0.385 e. The number of carbonyl (C=O) groups excluding carboxylic acids is 1. The molecule has 0 fully saturated rings. The third-order valence-corrected chi connectivity index (χ3v) is 4.01. The van der Waals surface area contributed by atoms with E-state index >= 15 is 0 Å². The Morgan fingerprint density at radius 2 is 1.44 bits per heavy atom. The normalized spacial score (nSPS) is 10.5. The fourth-order valence-corrected chi connectivity index (χ4v) is 2.57. The summed E-state index contributed by atoms with van der Waals surface area (Å²) in [5.74, 6) is -5.36. The van der Waals surface area contributed by atoms with Crippen LogP contribution in [0.5, 0.6) is 0 Å². The molecule has 3 rings (SSSR count). The van der Waals surface area contributed by atoms with Gasteiger partial charge in [-0.15, -0.1) is 0 Å². The van der Waals surface area contributed by atoms with Crippen LogP contribution in [0, 0.1) is 17.5 Å². The Hall–Kier alpha value is -3.28. The summed E-state index contributed by atoms with van der Waals surface area (Å²) < 4.78 is 39.9. The van der Waals surface area contributed by atoms with E-state index in [1.165, 1.54) is 5.56 Å². The van der Waals surface area contributed by atoms with Gasteiger partial charge in [-0.1, -0.05) is 30.3 Å². The Labute approximate surface area is 154 Å². The van der Waals surface area contributed by atoms with Gasteiger partial charge in [-0.25, -0.2) is 13.2 Å². The Balaban J connectivity index is 1.57. The molecule has 27 heavy (non-hydrogen) atoms. The third-order valence-electron chi connectivity index (χ3n) is 4.01. The monoisotopic (exact) mass is 370 g/mol. The van der Waals surface area contributed by atoms with Gasteiger partial charge < -0.3 is 10.6 Å². The predicted octanol–water partition coefficient (Wildman–Crippen LogP) is 5.01. The lowest BCUT2D eigenvalue weighted by atomic mass is 10.1. The van der Waals surface area contributed by atoms with Gasteiger partial charge in [0.1, 0.15) is 0 Å². The Morgan fingerprint density at radius 1 is 0.778 bits per heavy atom. The molecule has 3 aromatic rings. The number of anilines is 2. The summed E-state index contributed by atoms with van der Waals surface area (Å²) >= 11 is 0. The van der Waals surface area contributed by atoms with Crippen LogP contribution < -0.4 is 10.6 Å². The van der Waals surface area contributed by atoms with Crippen molar-refractivity contribution >= 4 is 17.3 Å². The van der Waals surface area contributed by atoms with Gasteiger partial charge in [0.05, 0.1) is 5.56 Å². The molecule has 0 aromatic heterocycles. The van der Waals surface area contributed by atoms with Crippen molar-refractivity contribution in [2.45, 2.75) is 6.42 Å². The SMILES string of the molecule is O=C(Nc1ccc(NCCc2ccccc2)cc1)c1ccc(F)c(F)c1F. The number of hydrogen-bond donors (Lipinski definition) is 2. The highest BCUT2D eigenvalue weighted by atomic mass is 19.2. The molecule has 3 nitrogen and oxygen atoms in total. The fraction of sp³-hybridized carbons (Fsp3) is 0.0952. The molecule has 2 N–H and O–H groups in total. The third kappa shape index (κ3) is 4.67. The zero-order valence-corrected chi connectivity index (χ0v) is 14.3. The maximum atomic E-state index is 13.7. The van der Waals surface area contributed by atoms with Crippen molar-refractivity contribution < 1.29 is 18.0 Å². The number of halogens is 3. The maximum Gasteiger partial charge on any atom is 0.258 e. The van der Waals surface area contributed by atoms with Crippen LogP contribution in [0.3, 0.4) is 0 Å². The average Bonchev–Trinajstić information content (AvgIpc) is 2.68. The number of benzene rings is 3. The first kappa shape index (κ1) is 18.5. The molecule has 0 spiro atoms. The first-order chi connectivity index (χ1) is 13.0. The van der Waals surface area contributed by atoms with E-state index in [0.717, 1.165) is 24.7 Å². The second-order valence-electron chi connectivity index (χ2n) is 5.92. The molecule has 0 heterocycles. The highest BCUT2D eigenvalue weighted by molar-refractivity contribution is 6.04. The summed E-state index contributed by atoms with van der Waals surface area (Å²) in [5, 5.41) is 5.72. The minimum absolute atomic E-state index is 0.415. The van der Waals surface area contributed by atoms with Crippen LogP contribution in [0.25, 0.3) is 0 Å². The molecule has 0 atom stereocenters. The molecule has 3 aromatic carbocycles. The highest BCUT2D eigenvalue weighted by Gasteiger charge is 2.18. The summed E-state index contributed by atoms with van der Waals surface area (Å²) in [6.45, 7) is 0.746. The second kappa shape index (κ2) is 8.40. The largest absolute Gasteiger partial charge is 0.385 e. The molecule has 0 aliphatic carbocycles. The van der Waals surface area contributed by atoms with E-state index in [9.17, 15) is 18.0 Å². The molecule has 0 aliphatic heterocycles. The van der Waals surface area contributed by atoms with E-state index < -0.39 is 28.9 Å². The number of nitrogens with one attached hydrogen (secondary N) is 2. The van der Waals surface area contributed by atoms with Crippen LogP contribution in [0.4, 0.5) is 24.5 Å². The number of amides is 1. The number of carbonyl (C=O) groups is 1. The Kier molecular flexibility index (Phi) is 5.76. The van der Waals surface area contributed by atoms with E-state index in [1.807, 2.05) is 18.2 Å². The maximum absolute atomic E-state index is 13.7. The quantitative estimate of drug-likeness (QED) is 0.599. The van der Waals surface area contributed by atoms with Gasteiger partial charge in [-0.2, -0.15) is 0 Å². The molecule has 6 heteroatoms. The first-order valence-corrected chi connectivity index (χ1v) is 8.37. The van der Waals surface area contributed by atoms with E-state index in [-0.39, 0.29) is 0 Å². The lowest BCUT2D eigenvalue weighted by molar-refractivity contribution is 0.102. The lowest BCUT2D eigenvalue weighted by Crippen LogP contribution is -2.15. The molecule has 138 valence electrons. The average molecular weight is 370 g/mol. The topological polar surface area (TPSA) is 41.1 Å². The van der Waals surface area contributed by atoms with E-state index in [0.29, 0.717) is 11.8 Å². The lowest BCUT2D eigenvalue weighted by Gasteiger charge is -2.09. The zero-order chi connectivity index (χ0) is 19.2. The summed E-state index contributed by atoms with van der Waals surface area (Å²) in [5.41, 5.74) is 1.95. The molecule has 0 saturated heterocycles. The zero-order valence-electron chi connectivity index (χ0n) is 14.3. The van der Waals surface area contributed by atoms with Gasteiger partial charge in [-0.3, -0.25) is 4.79 Å². The van der Waals surface area contributed by atoms with Gasteiger partial charge in [0.15, 0.2) is 17.5 Å². The molecular weight excluding hydrogens is 353 g/mol. The van der Waals surface area contributed by atoms with Crippen molar-refractivity contribution in [1.29, 1.82) is 0 Å². The summed E-state index contributed by atoms with van der Waals surface area (Å²) in [4.78, 5) is 12.1. The van der Waals surface area contributed by atoms with Crippen molar-refractivity contribution in [3.63, 3.8) is 0 Å². The fourth-order valence-electron chi connectivity index (χ4n) is 2.57. The molecule has 1 amide bonds.